The highest BCUT2D eigenvalue weighted by atomic mass is 16.2. The second kappa shape index (κ2) is 4.67. The van der Waals surface area contributed by atoms with Crippen LogP contribution in [-0.2, 0) is 17.8 Å². The standard InChI is InChI=1S/C17H17N3O/c21-16-17(9-13-5-1-2-7-15(13)19-16)11-20(12-17)10-14-6-3-4-8-18-14/h1-8H,9-12H2,(H,19,21). The molecule has 106 valence electrons. The van der Waals surface area contributed by atoms with Crippen LogP contribution in [0.4, 0.5) is 5.69 Å². The lowest BCUT2D eigenvalue weighted by Gasteiger charge is -2.50. The Morgan fingerprint density at radius 1 is 1.14 bits per heavy atom. The molecule has 21 heavy (non-hydrogen) atoms. The lowest BCUT2D eigenvalue weighted by molar-refractivity contribution is -0.137. The minimum absolute atomic E-state index is 0.165. The third kappa shape index (κ3) is 2.12. The number of carbonyl (C=O) groups is 1. The van der Waals surface area contributed by atoms with Crippen molar-refractivity contribution >= 4 is 11.6 Å². The Morgan fingerprint density at radius 2 is 1.95 bits per heavy atom. The summed E-state index contributed by atoms with van der Waals surface area (Å²) in [5.74, 6) is 0.165. The lowest BCUT2D eigenvalue weighted by Crippen LogP contribution is -2.63. The van der Waals surface area contributed by atoms with E-state index in [0.29, 0.717) is 0 Å². The van der Waals surface area contributed by atoms with Crippen LogP contribution >= 0.6 is 0 Å². The van der Waals surface area contributed by atoms with Crippen molar-refractivity contribution in [2.24, 2.45) is 5.41 Å². The molecule has 1 aromatic heterocycles. The fourth-order valence-corrected chi connectivity index (χ4v) is 3.39. The molecule has 2 aliphatic rings. The first kappa shape index (κ1) is 12.5. The molecule has 0 aliphatic carbocycles. The molecule has 1 amide bonds. The summed E-state index contributed by atoms with van der Waals surface area (Å²) in [5, 5.41) is 3.06. The monoisotopic (exact) mass is 279 g/mol. The topological polar surface area (TPSA) is 45.2 Å². The number of hydrogen-bond donors (Lipinski definition) is 1. The first-order chi connectivity index (χ1) is 10.3. The van der Waals surface area contributed by atoms with E-state index >= 15 is 0 Å². The maximum atomic E-state index is 12.4. The summed E-state index contributed by atoms with van der Waals surface area (Å²) >= 11 is 0. The zero-order chi connectivity index (χ0) is 14.3. The van der Waals surface area contributed by atoms with E-state index in [4.69, 9.17) is 0 Å². The van der Waals surface area contributed by atoms with Crippen LogP contribution in [0.5, 0.6) is 0 Å². The molecule has 3 heterocycles. The van der Waals surface area contributed by atoms with Gasteiger partial charge in [0.05, 0.1) is 11.1 Å². The van der Waals surface area contributed by atoms with E-state index in [9.17, 15) is 4.79 Å². The molecule has 2 aliphatic heterocycles. The minimum Gasteiger partial charge on any atom is -0.325 e. The van der Waals surface area contributed by atoms with Gasteiger partial charge in [0.15, 0.2) is 0 Å². The maximum Gasteiger partial charge on any atom is 0.233 e. The molecule has 1 fully saturated rings. The zero-order valence-electron chi connectivity index (χ0n) is 11.7. The predicted octanol–water partition coefficient (Wildman–Crippen LogP) is 2.08. The molecule has 1 saturated heterocycles. The Balaban J connectivity index is 1.48. The predicted molar refractivity (Wildman–Crippen MR) is 80.7 cm³/mol. The number of hydrogen-bond acceptors (Lipinski definition) is 3. The largest absolute Gasteiger partial charge is 0.325 e. The fourth-order valence-electron chi connectivity index (χ4n) is 3.39. The Labute approximate surface area is 123 Å². The highest BCUT2D eigenvalue weighted by Gasteiger charge is 2.51. The number of nitrogens with zero attached hydrogens (tertiary/aromatic N) is 2. The van der Waals surface area contributed by atoms with Crippen LogP contribution < -0.4 is 5.32 Å². The molecule has 4 heteroatoms. The van der Waals surface area contributed by atoms with Gasteiger partial charge >= 0.3 is 0 Å². The smallest absolute Gasteiger partial charge is 0.233 e. The number of pyridine rings is 1. The van der Waals surface area contributed by atoms with Crippen LogP contribution in [0, 0.1) is 5.41 Å². The number of fused-ring (bicyclic) bond motifs is 1. The number of rotatable bonds is 2. The number of nitrogens with one attached hydrogen (secondary N) is 1. The van der Waals surface area contributed by atoms with E-state index in [1.807, 2.05) is 42.6 Å². The molecule has 2 aromatic rings. The van der Waals surface area contributed by atoms with E-state index in [0.717, 1.165) is 37.4 Å². The third-order valence-corrected chi connectivity index (χ3v) is 4.44. The summed E-state index contributed by atoms with van der Waals surface area (Å²) in [7, 11) is 0. The molecular formula is C17H17N3O. The Morgan fingerprint density at radius 3 is 2.76 bits per heavy atom. The zero-order valence-corrected chi connectivity index (χ0v) is 11.7. The average molecular weight is 279 g/mol. The van der Waals surface area contributed by atoms with Gasteiger partial charge < -0.3 is 5.32 Å². The first-order valence-corrected chi connectivity index (χ1v) is 7.27. The van der Waals surface area contributed by atoms with Crippen molar-refractivity contribution in [1.29, 1.82) is 0 Å². The maximum absolute atomic E-state index is 12.4. The van der Waals surface area contributed by atoms with E-state index < -0.39 is 0 Å². The Kier molecular flexibility index (Phi) is 2.79. The van der Waals surface area contributed by atoms with Crippen molar-refractivity contribution in [3.8, 4) is 0 Å². The summed E-state index contributed by atoms with van der Waals surface area (Å²) in [6.45, 7) is 2.44. The van der Waals surface area contributed by atoms with Gasteiger partial charge in [0, 0.05) is 31.5 Å². The molecule has 0 atom stereocenters. The quantitative estimate of drug-likeness (QED) is 0.915. The fraction of sp³-hybridized carbons (Fsp3) is 0.294. The number of anilines is 1. The van der Waals surface area contributed by atoms with Gasteiger partial charge in [-0.15, -0.1) is 0 Å². The summed E-state index contributed by atoms with van der Waals surface area (Å²) < 4.78 is 0. The highest BCUT2D eigenvalue weighted by molar-refractivity contribution is 5.99. The van der Waals surface area contributed by atoms with Crippen LogP contribution in [0.15, 0.2) is 48.7 Å². The van der Waals surface area contributed by atoms with E-state index in [-0.39, 0.29) is 11.3 Å². The van der Waals surface area contributed by atoms with Gasteiger partial charge in [-0.3, -0.25) is 14.7 Å². The van der Waals surface area contributed by atoms with Crippen molar-refractivity contribution in [2.45, 2.75) is 13.0 Å². The average Bonchev–Trinajstić information content (AvgIpc) is 2.47. The van der Waals surface area contributed by atoms with Gasteiger partial charge in [-0.1, -0.05) is 24.3 Å². The molecule has 1 N–H and O–H groups in total. The molecule has 4 nitrogen and oxygen atoms in total. The second-order valence-electron chi connectivity index (χ2n) is 6.03. The molecule has 0 saturated carbocycles. The van der Waals surface area contributed by atoms with Gasteiger partial charge in [-0.2, -0.15) is 0 Å². The Bertz CT molecular complexity index is 677. The molecule has 0 radical (unpaired) electrons. The summed E-state index contributed by atoms with van der Waals surface area (Å²) in [4.78, 5) is 19.0. The van der Waals surface area contributed by atoms with Gasteiger partial charge in [0.25, 0.3) is 0 Å². The molecular weight excluding hydrogens is 262 g/mol. The van der Waals surface area contributed by atoms with Gasteiger partial charge in [0.2, 0.25) is 5.91 Å². The van der Waals surface area contributed by atoms with Crippen molar-refractivity contribution in [3.05, 3.63) is 59.9 Å². The van der Waals surface area contributed by atoms with Crippen LogP contribution in [0.1, 0.15) is 11.3 Å². The Hall–Kier alpha value is -2.20. The minimum atomic E-state index is -0.247. The highest BCUT2D eigenvalue weighted by Crippen LogP contribution is 2.41. The number of para-hydroxylation sites is 1. The van der Waals surface area contributed by atoms with Gasteiger partial charge in [-0.05, 0) is 30.2 Å². The molecule has 1 spiro atoms. The van der Waals surface area contributed by atoms with Gasteiger partial charge in [0.1, 0.15) is 0 Å². The van der Waals surface area contributed by atoms with E-state index in [1.54, 1.807) is 0 Å². The van der Waals surface area contributed by atoms with Crippen LogP contribution in [0.2, 0.25) is 0 Å². The van der Waals surface area contributed by atoms with Gasteiger partial charge in [-0.25, -0.2) is 0 Å². The summed E-state index contributed by atoms with van der Waals surface area (Å²) in [6.07, 6.45) is 2.65. The van der Waals surface area contributed by atoms with Crippen molar-refractivity contribution in [2.75, 3.05) is 18.4 Å². The molecule has 0 bridgehead atoms. The number of amides is 1. The normalized spacial score (nSPS) is 19.7. The SMILES string of the molecule is O=C1Nc2ccccc2CC12CN(Cc1ccccn1)C2. The number of likely N-dealkylation sites (tertiary alicyclic amines) is 1. The summed E-state index contributed by atoms with van der Waals surface area (Å²) in [5.41, 5.74) is 3.03. The van der Waals surface area contributed by atoms with Crippen LogP contribution in [0.25, 0.3) is 0 Å². The van der Waals surface area contributed by atoms with E-state index in [2.05, 4.69) is 21.3 Å². The second-order valence-corrected chi connectivity index (χ2v) is 6.03. The van der Waals surface area contributed by atoms with Crippen molar-refractivity contribution in [1.82, 2.24) is 9.88 Å². The third-order valence-electron chi connectivity index (χ3n) is 4.44. The molecule has 0 unspecified atom stereocenters. The lowest BCUT2D eigenvalue weighted by atomic mass is 9.71. The number of carbonyl (C=O) groups excluding carboxylic acids is 1. The van der Waals surface area contributed by atoms with Crippen LogP contribution in [0.3, 0.4) is 0 Å². The first-order valence-electron chi connectivity index (χ1n) is 7.27. The van der Waals surface area contributed by atoms with Crippen molar-refractivity contribution < 1.29 is 4.79 Å². The van der Waals surface area contributed by atoms with Crippen LogP contribution in [-0.4, -0.2) is 28.9 Å². The molecule has 1 aromatic carbocycles. The number of benzene rings is 1. The van der Waals surface area contributed by atoms with Crippen molar-refractivity contribution in [3.63, 3.8) is 0 Å². The summed E-state index contributed by atoms with van der Waals surface area (Å²) in [6, 6.07) is 14.0. The number of aromatic nitrogens is 1. The molecule has 4 rings (SSSR count). The van der Waals surface area contributed by atoms with E-state index in [1.165, 1.54) is 5.56 Å².